The summed E-state index contributed by atoms with van der Waals surface area (Å²) in [5.74, 6) is 0.646. The molecule has 1 aromatic carbocycles. The van der Waals surface area contributed by atoms with Crippen LogP contribution in [0, 0.1) is 0 Å². The number of hydrogen-bond acceptors (Lipinski definition) is 4. The first-order chi connectivity index (χ1) is 10.3. The summed E-state index contributed by atoms with van der Waals surface area (Å²) in [6.07, 6.45) is -6.72. The number of rotatable bonds is 4. The van der Waals surface area contributed by atoms with E-state index in [9.17, 15) is 18.0 Å². The lowest BCUT2D eigenvalue weighted by molar-refractivity contribution is -0.206. The molecule has 2 aromatic rings. The highest BCUT2D eigenvalue weighted by Crippen LogP contribution is 2.31. The molecule has 0 saturated carbocycles. The van der Waals surface area contributed by atoms with E-state index in [1.807, 2.05) is 0 Å². The van der Waals surface area contributed by atoms with Gasteiger partial charge in [0.25, 0.3) is 5.56 Å². The van der Waals surface area contributed by atoms with E-state index in [4.69, 9.17) is 9.84 Å². The molecule has 1 unspecified atom stereocenters. The second-order valence-corrected chi connectivity index (χ2v) is 4.58. The molecule has 0 aliphatic carbocycles. The van der Waals surface area contributed by atoms with Crippen LogP contribution in [0.3, 0.4) is 0 Å². The Morgan fingerprint density at radius 1 is 1.32 bits per heavy atom. The highest BCUT2D eigenvalue weighted by molar-refractivity contribution is 5.27. The number of aliphatic hydroxyl groups excluding tert-OH is 1. The number of halogens is 3. The number of methoxy groups -OCH3 is 1. The molecule has 0 saturated heterocycles. The minimum absolute atomic E-state index is 0.102. The fraction of sp³-hybridized carbons (Fsp3) is 0.286. The Labute approximate surface area is 123 Å². The third kappa shape index (κ3) is 3.64. The fourth-order valence-corrected chi connectivity index (χ4v) is 1.81. The summed E-state index contributed by atoms with van der Waals surface area (Å²) < 4.78 is 43.2. The highest BCUT2D eigenvalue weighted by atomic mass is 19.4. The third-order valence-corrected chi connectivity index (χ3v) is 3.01. The molecule has 1 heterocycles. The van der Waals surface area contributed by atoms with Crippen molar-refractivity contribution in [3.63, 3.8) is 0 Å². The molecule has 0 spiro atoms. The molecule has 1 atom stereocenters. The molecular weight excluding hydrogens is 301 g/mol. The molecular formula is C14H13F3N2O3. The molecule has 2 rings (SSSR count). The molecule has 0 aliphatic rings. The quantitative estimate of drug-likeness (QED) is 0.936. The summed E-state index contributed by atoms with van der Waals surface area (Å²) in [7, 11) is 1.52. The standard InChI is InChI=1S/C14H13F3N2O3/c1-22-11-4-2-9(3-5-11)8-19-12(20)6-10(7-18-19)13(21)14(15,16)17/h2-7,13,21H,8H2,1H3. The van der Waals surface area contributed by atoms with Crippen molar-refractivity contribution in [2.45, 2.75) is 18.8 Å². The van der Waals surface area contributed by atoms with Crippen molar-refractivity contribution >= 4 is 0 Å². The first-order valence-corrected chi connectivity index (χ1v) is 6.26. The zero-order valence-electron chi connectivity index (χ0n) is 11.5. The molecule has 0 fully saturated rings. The summed E-state index contributed by atoms with van der Waals surface area (Å²) in [6, 6.07) is 7.55. The monoisotopic (exact) mass is 314 g/mol. The normalized spacial score (nSPS) is 13.0. The Balaban J connectivity index is 2.21. The Bertz CT molecular complexity index is 696. The second-order valence-electron chi connectivity index (χ2n) is 4.58. The van der Waals surface area contributed by atoms with Gasteiger partial charge in [-0.05, 0) is 17.7 Å². The molecule has 0 amide bonds. The Morgan fingerprint density at radius 2 is 1.95 bits per heavy atom. The van der Waals surface area contributed by atoms with E-state index in [1.165, 1.54) is 7.11 Å². The minimum atomic E-state index is -4.84. The van der Waals surface area contributed by atoms with Crippen molar-refractivity contribution in [2.75, 3.05) is 7.11 Å². The number of alkyl halides is 3. The molecule has 1 aromatic heterocycles. The molecule has 8 heteroatoms. The first kappa shape index (κ1) is 16.0. The van der Waals surface area contributed by atoms with Gasteiger partial charge >= 0.3 is 6.18 Å². The van der Waals surface area contributed by atoms with E-state index in [-0.39, 0.29) is 6.54 Å². The number of benzene rings is 1. The van der Waals surface area contributed by atoms with Crippen molar-refractivity contribution < 1.29 is 23.0 Å². The lowest BCUT2D eigenvalue weighted by Gasteiger charge is -2.14. The van der Waals surface area contributed by atoms with E-state index in [2.05, 4.69) is 5.10 Å². The van der Waals surface area contributed by atoms with E-state index in [0.717, 1.165) is 22.5 Å². The molecule has 0 bridgehead atoms. The van der Waals surface area contributed by atoms with E-state index in [1.54, 1.807) is 24.3 Å². The Kier molecular flexibility index (Phi) is 4.51. The maximum atomic E-state index is 12.4. The number of hydrogen-bond donors (Lipinski definition) is 1. The molecule has 5 nitrogen and oxygen atoms in total. The molecule has 118 valence electrons. The predicted molar refractivity (Wildman–Crippen MR) is 71.6 cm³/mol. The van der Waals surface area contributed by atoms with Gasteiger partial charge in [-0.2, -0.15) is 18.3 Å². The van der Waals surface area contributed by atoms with Crippen LogP contribution in [0.1, 0.15) is 17.2 Å². The maximum Gasteiger partial charge on any atom is 0.418 e. The maximum absolute atomic E-state index is 12.4. The van der Waals surface area contributed by atoms with Crippen LogP contribution in [-0.2, 0) is 6.54 Å². The Hall–Kier alpha value is -2.35. The Morgan fingerprint density at radius 3 is 2.45 bits per heavy atom. The van der Waals surface area contributed by atoms with Gasteiger partial charge in [0.15, 0.2) is 6.10 Å². The van der Waals surface area contributed by atoms with Crippen molar-refractivity contribution in [2.24, 2.45) is 0 Å². The van der Waals surface area contributed by atoms with Crippen LogP contribution < -0.4 is 10.3 Å². The van der Waals surface area contributed by atoms with Crippen LogP contribution in [0.5, 0.6) is 5.75 Å². The largest absolute Gasteiger partial charge is 0.497 e. The highest BCUT2D eigenvalue weighted by Gasteiger charge is 2.39. The van der Waals surface area contributed by atoms with Crippen molar-refractivity contribution in [1.82, 2.24) is 9.78 Å². The van der Waals surface area contributed by atoms with E-state index < -0.39 is 23.4 Å². The number of nitrogens with zero attached hydrogens (tertiary/aromatic N) is 2. The summed E-state index contributed by atoms with van der Waals surface area (Å²) in [4.78, 5) is 11.8. The summed E-state index contributed by atoms with van der Waals surface area (Å²) in [6.45, 7) is 0.102. The van der Waals surface area contributed by atoms with Gasteiger partial charge in [0, 0.05) is 11.6 Å². The smallest absolute Gasteiger partial charge is 0.418 e. The molecule has 0 radical (unpaired) electrons. The van der Waals surface area contributed by atoms with Gasteiger partial charge in [-0.3, -0.25) is 4.79 Å². The summed E-state index contributed by atoms with van der Waals surface area (Å²) in [5.41, 5.74) is -0.570. The zero-order chi connectivity index (χ0) is 16.3. The third-order valence-electron chi connectivity index (χ3n) is 3.01. The number of ether oxygens (including phenoxy) is 1. The van der Waals surface area contributed by atoms with Crippen molar-refractivity contribution in [1.29, 1.82) is 0 Å². The number of aromatic nitrogens is 2. The zero-order valence-corrected chi connectivity index (χ0v) is 11.5. The van der Waals surface area contributed by atoms with Crippen LogP contribution in [-0.4, -0.2) is 28.2 Å². The van der Waals surface area contributed by atoms with Crippen LogP contribution in [0.25, 0.3) is 0 Å². The second kappa shape index (κ2) is 6.18. The van der Waals surface area contributed by atoms with Gasteiger partial charge in [0.1, 0.15) is 5.75 Å². The van der Waals surface area contributed by atoms with Crippen LogP contribution >= 0.6 is 0 Å². The van der Waals surface area contributed by atoms with Gasteiger partial charge in [-0.15, -0.1) is 0 Å². The fourth-order valence-electron chi connectivity index (χ4n) is 1.81. The van der Waals surface area contributed by atoms with Gasteiger partial charge in [-0.25, -0.2) is 4.68 Å². The van der Waals surface area contributed by atoms with Crippen LogP contribution in [0.15, 0.2) is 41.3 Å². The summed E-state index contributed by atoms with van der Waals surface area (Å²) >= 11 is 0. The van der Waals surface area contributed by atoms with Gasteiger partial charge in [0.05, 0.1) is 19.9 Å². The summed E-state index contributed by atoms with van der Waals surface area (Å²) in [5, 5.41) is 12.8. The van der Waals surface area contributed by atoms with Crippen molar-refractivity contribution in [3.05, 3.63) is 58.0 Å². The van der Waals surface area contributed by atoms with Gasteiger partial charge in [-0.1, -0.05) is 12.1 Å². The lowest BCUT2D eigenvalue weighted by atomic mass is 10.1. The van der Waals surface area contributed by atoms with E-state index >= 15 is 0 Å². The van der Waals surface area contributed by atoms with Gasteiger partial charge < -0.3 is 9.84 Å². The minimum Gasteiger partial charge on any atom is -0.497 e. The average Bonchev–Trinajstić information content (AvgIpc) is 2.48. The topological polar surface area (TPSA) is 64.3 Å². The van der Waals surface area contributed by atoms with Crippen LogP contribution in [0.2, 0.25) is 0 Å². The van der Waals surface area contributed by atoms with Crippen molar-refractivity contribution in [3.8, 4) is 5.75 Å². The molecule has 22 heavy (non-hydrogen) atoms. The van der Waals surface area contributed by atoms with Gasteiger partial charge in [0.2, 0.25) is 0 Å². The average molecular weight is 314 g/mol. The SMILES string of the molecule is COc1ccc(Cn2ncc(C(O)C(F)(F)F)cc2=O)cc1. The first-order valence-electron chi connectivity index (χ1n) is 6.26. The van der Waals surface area contributed by atoms with E-state index in [0.29, 0.717) is 5.75 Å². The number of aliphatic hydroxyl groups is 1. The lowest BCUT2D eigenvalue weighted by Crippen LogP contribution is -2.27. The predicted octanol–water partition coefficient (Wildman–Crippen LogP) is 1.90. The van der Waals surface area contributed by atoms with Crippen LogP contribution in [0.4, 0.5) is 13.2 Å². The molecule has 0 aliphatic heterocycles. The molecule has 1 N–H and O–H groups in total.